The van der Waals surface area contributed by atoms with Crippen molar-refractivity contribution in [3.05, 3.63) is 11.7 Å². The Morgan fingerprint density at radius 3 is 2.52 bits per heavy atom. The molecule has 10 heteroatoms. The van der Waals surface area contributed by atoms with Crippen LogP contribution in [0.1, 0.15) is 18.1 Å². The lowest BCUT2D eigenvalue weighted by Gasteiger charge is -2.36. The van der Waals surface area contributed by atoms with Crippen LogP contribution in [0.15, 0.2) is 9.52 Å². The number of piperazine rings is 1. The molecule has 1 aliphatic rings. The lowest BCUT2D eigenvalue weighted by Crippen LogP contribution is -2.52. The molecule has 1 N–H and O–H groups in total. The molecule has 0 radical (unpaired) electrons. The van der Waals surface area contributed by atoms with Crippen LogP contribution in [0.2, 0.25) is 0 Å². The molecule has 1 aromatic rings. The largest absolute Gasteiger partial charge is 0.349 e. The van der Waals surface area contributed by atoms with Gasteiger partial charge in [-0.1, -0.05) is 5.16 Å². The summed E-state index contributed by atoms with van der Waals surface area (Å²) in [6.07, 6.45) is 0.566. The number of guanidine groups is 1. The van der Waals surface area contributed by atoms with Gasteiger partial charge >= 0.3 is 0 Å². The average molecular weight is 465 g/mol. The highest BCUT2D eigenvalue weighted by Gasteiger charge is 2.20. The molecule has 9 nitrogen and oxygen atoms in total. The molecule has 0 saturated carbocycles. The molecule has 0 atom stereocenters. The van der Waals surface area contributed by atoms with Crippen molar-refractivity contribution in [2.45, 2.75) is 19.9 Å². The van der Waals surface area contributed by atoms with Gasteiger partial charge < -0.3 is 19.6 Å². The lowest BCUT2D eigenvalue weighted by atomic mass is 10.3. The third kappa shape index (κ3) is 6.77. The molecule has 0 unspecified atom stereocenters. The van der Waals surface area contributed by atoms with E-state index in [1.807, 2.05) is 0 Å². The van der Waals surface area contributed by atoms with E-state index in [1.54, 1.807) is 33.0 Å². The first-order valence-electron chi connectivity index (χ1n) is 8.17. The monoisotopic (exact) mass is 465 g/mol. The number of hydrogen-bond donors (Lipinski definition) is 1. The van der Waals surface area contributed by atoms with Crippen molar-refractivity contribution in [2.75, 3.05) is 53.9 Å². The predicted molar refractivity (Wildman–Crippen MR) is 106 cm³/mol. The number of nitrogens with one attached hydrogen (secondary N) is 1. The van der Waals surface area contributed by atoms with Gasteiger partial charge in [-0.05, 0) is 6.92 Å². The highest BCUT2D eigenvalue weighted by molar-refractivity contribution is 14.0. The molecule has 1 amide bonds. The van der Waals surface area contributed by atoms with Gasteiger partial charge in [-0.25, -0.2) is 0 Å². The van der Waals surface area contributed by atoms with E-state index in [4.69, 9.17) is 4.52 Å². The summed E-state index contributed by atoms with van der Waals surface area (Å²) in [7, 11) is 5.35. The van der Waals surface area contributed by atoms with Crippen molar-refractivity contribution in [1.29, 1.82) is 0 Å². The molecule has 2 heterocycles. The molecule has 142 valence electrons. The molecule has 1 saturated heterocycles. The fraction of sp³-hybridized carbons (Fsp3) is 0.733. The predicted octanol–water partition coefficient (Wildman–Crippen LogP) is 0.167. The van der Waals surface area contributed by atoms with Crippen molar-refractivity contribution >= 4 is 35.8 Å². The molecule has 2 rings (SSSR count). The quantitative estimate of drug-likeness (QED) is 0.377. The first-order chi connectivity index (χ1) is 11.5. The Balaban J connectivity index is 0.00000312. The standard InChI is InChI=1S/C15H27N7O2.HI/c1-12-18-13(24-19-12)11-17-15(16-2)22-9-7-21(8-10-22)6-5-14(23)20(3)4;/h5-11H2,1-4H3,(H,16,17);1H. The van der Waals surface area contributed by atoms with E-state index in [9.17, 15) is 4.79 Å². The molecule has 1 fully saturated rings. The second kappa shape index (κ2) is 10.5. The van der Waals surface area contributed by atoms with E-state index in [0.29, 0.717) is 24.7 Å². The Labute approximate surface area is 165 Å². The van der Waals surface area contributed by atoms with Crippen molar-refractivity contribution in [3.63, 3.8) is 0 Å². The number of aryl methyl sites for hydroxylation is 1. The summed E-state index contributed by atoms with van der Waals surface area (Å²) in [5, 5.41) is 7.02. The Bertz CT molecular complexity index is 568. The minimum absolute atomic E-state index is 0. The first-order valence-corrected chi connectivity index (χ1v) is 8.17. The fourth-order valence-corrected chi connectivity index (χ4v) is 2.56. The summed E-state index contributed by atoms with van der Waals surface area (Å²) >= 11 is 0. The number of halogens is 1. The normalized spacial score (nSPS) is 15.7. The molecule has 0 aromatic carbocycles. The van der Waals surface area contributed by atoms with Gasteiger partial charge in [0.25, 0.3) is 0 Å². The number of carbonyl (C=O) groups is 1. The van der Waals surface area contributed by atoms with Gasteiger partial charge in [-0.15, -0.1) is 24.0 Å². The van der Waals surface area contributed by atoms with Gasteiger partial charge in [0.05, 0.1) is 6.54 Å². The van der Waals surface area contributed by atoms with Gasteiger partial charge in [0.15, 0.2) is 11.8 Å². The van der Waals surface area contributed by atoms with E-state index in [-0.39, 0.29) is 29.9 Å². The molecule has 0 bridgehead atoms. The van der Waals surface area contributed by atoms with Crippen LogP contribution < -0.4 is 5.32 Å². The number of rotatable bonds is 5. The van der Waals surface area contributed by atoms with E-state index in [0.717, 1.165) is 38.7 Å². The number of aliphatic imine (C=N–C) groups is 1. The lowest BCUT2D eigenvalue weighted by molar-refractivity contribution is -0.129. The molecule has 0 spiro atoms. The highest BCUT2D eigenvalue weighted by atomic mass is 127. The van der Waals surface area contributed by atoms with Crippen LogP contribution in [0.3, 0.4) is 0 Å². The molecule has 1 aromatic heterocycles. The van der Waals surface area contributed by atoms with Gasteiger partial charge in [-0.2, -0.15) is 4.98 Å². The zero-order chi connectivity index (χ0) is 17.5. The van der Waals surface area contributed by atoms with Crippen LogP contribution in [-0.2, 0) is 11.3 Å². The highest BCUT2D eigenvalue weighted by Crippen LogP contribution is 2.04. The zero-order valence-electron chi connectivity index (χ0n) is 15.4. The van der Waals surface area contributed by atoms with E-state index in [2.05, 4.69) is 30.2 Å². The maximum Gasteiger partial charge on any atom is 0.246 e. The van der Waals surface area contributed by atoms with Crippen molar-refractivity contribution < 1.29 is 9.32 Å². The van der Waals surface area contributed by atoms with Crippen molar-refractivity contribution in [2.24, 2.45) is 4.99 Å². The maximum absolute atomic E-state index is 11.7. The smallest absolute Gasteiger partial charge is 0.246 e. The molecule has 25 heavy (non-hydrogen) atoms. The van der Waals surface area contributed by atoms with Crippen LogP contribution in [-0.4, -0.2) is 90.6 Å². The third-order valence-electron chi connectivity index (χ3n) is 3.99. The molecule has 1 aliphatic heterocycles. The number of hydrogen-bond acceptors (Lipinski definition) is 6. The summed E-state index contributed by atoms with van der Waals surface area (Å²) < 4.78 is 5.10. The Morgan fingerprint density at radius 2 is 2.00 bits per heavy atom. The fourth-order valence-electron chi connectivity index (χ4n) is 2.56. The summed E-state index contributed by atoms with van der Waals surface area (Å²) in [6.45, 7) is 6.64. The SMILES string of the molecule is CN=C(NCc1nc(C)no1)N1CCN(CCC(=O)N(C)C)CC1.I. The Hall–Kier alpha value is -1.43. The van der Waals surface area contributed by atoms with Crippen LogP contribution in [0.5, 0.6) is 0 Å². The second-order valence-electron chi connectivity index (χ2n) is 6.00. The van der Waals surface area contributed by atoms with E-state index < -0.39 is 0 Å². The van der Waals surface area contributed by atoms with Crippen molar-refractivity contribution in [1.82, 2.24) is 30.2 Å². The van der Waals surface area contributed by atoms with Gasteiger partial charge in [-0.3, -0.25) is 14.7 Å². The van der Waals surface area contributed by atoms with Gasteiger partial charge in [0.2, 0.25) is 11.8 Å². The van der Waals surface area contributed by atoms with Crippen LogP contribution in [0.25, 0.3) is 0 Å². The first kappa shape index (κ1) is 21.6. The zero-order valence-corrected chi connectivity index (χ0v) is 17.7. The van der Waals surface area contributed by atoms with Crippen molar-refractivity contribution in [3.8, 4) is 0 Å². The summed E-state index contributed by atoms with van der Waals surface area (Å²) in [6, 6.07) is 0. The van der Waals surface area contributed by atoms with E-state index in [1.165, 1.54) is 0 Å². The summed E-state index contributed by atoms with van der Waals surface area (Å²) in [4.78, 5) is 26.3. The van der Waals surface area contributed by atoms with Gasteiger partial charge in [0.1, 0.15) is 0 Å². The molecular weight excluding hydrogens is 437 g/mol. The van der Waals surface area contributed by atoms with Crippen LogP contribution in [0, 0.1) is 6.92 Å². The van der Waals surface area contributed by atoms with E-state index >= 15 is 0 Å². The maximum atomic E-state index is 11.7. The van der Waals surface area contributed by atoms with Gasteiger partial charge in [0, 0.05) is 60.3 Å². The number of carbonyl (C=O) groups excluding carboxylic acids is 1. The summed E-state index contributed by atoms with van der Waals surface area (Å²) in [5.41, 5.74) is 0. The topological polar surface area (TPSA) is 90.1 Å². The molecule has 0 aliphatic carbocycles. The average Bonchev–Trinajstić information content (AvgIpc) is 2.99. The number of amides is 1. The minimum atomic E-state index is 0. The number of nitrogens with zero attached hydrogens (tertiary/aromatic N) is 6. The molecular formula is C15H28IN7O2. The second-order valence-corrected chi connectivity index (χ2v) is 6.00. The van der Waals surface area contributed by atoms with Crippen LogP contribution in [0.4, 0.5) is 0 Å². The van der Waals surface area contributed by atoms with Crippen LogP contribution >= 0.6 is 24.0 Å². The summed E-state index contributed by atoms with van der Waals surface area (Å²) in [5.74, 6) is 2.18. The Kier molecular flexibility index (Phi) is 9.11. The third-order valence-corrected chi connectivity index (χ3v) is 3.99. The Morgan fingerprint density at radius 1 is 1.32 bits per heavy atom. The number of aromatic nitrogens is 2. The minimum Gasteiger partial charge on any atom is -0.349 e.